The minimum absolute atomic E-state index is 0.0303. The fourth-order valence-electron chi connectivity index (χ4n) is 3.33. The maximum absolute atomic E-state index is 13.1. The van der Waals surface area contributed by atoms with Crippen LogP contribution in [0, 0.1) is 11.3 Å². The van der Waals surface area contributed by atoms with Crippen molar-refractivity contribution in [3.63, 3.8) is 0 Å². The molecule has 2 heterocycles. The van der Waals surface area contributed by atoms with Gasteiger partial charge >= 0.3 is 0 Å². The molecule has 0 saturated heterocycles. The first-order valence-electron chi connectivity index (χ1n) is 9.88. The highest BCUT2D eigenvalue weighted by molar-refractivity contribution is 7.89. The number of carbonyl (C=O) groups excluding carboxylic acids is 1. The number of fused-ring (bicyclic) bond motifs is 1. The molecule has 0 spiro atoms. The molecule has 0 saturated carbocycles. The lowest BCUT2D eigenvalue weighted by atomic mass is 10.1. The van der Waals surface area contributed by atoms with Crippen LogP contribution >= 0.6 is 0 Å². The molecule has 2 aromatic carbocycles. The number of hydrogen-bond acceptors (Lipinski definition) is 9. The Bertz CT molecular complexity index is 1470. The molecule has 33 heavy (non-hydrogen) atoms. The van der Waals surface area contributed by atoms with Gasteiger partial charge in [-0.05, 0) is 46.8 Å². The molecule has 2 N–H and O–H groups in total. The van der Waals surface area contributed by atoms with Gasteiger partial charge in [0.05, 0.1) is 27.6 Å². The molecule has 0 unspecified atom stereocenters. The Morgan fingerprint density at radius 1 is 1.21 bits per heavy atom. The third-order valence-electron chi connectivity index (χ3n) is 5.00. The summed E-state index contributed by atoms with van der Waals surface area (Å²) >= 11 is 0. The van der Waals surface area contributed by atoms with E-state index < -0.39 is 15.9 Å². The smallest absolute Gasteiger partial charge is 0.278 e. The van der Waals surface area contributed by atoms with Crippen LogP contribution in [0.25, 0.3) is 22.4 Å². The number of nitriles is 1. The summed E-state index contributed by atoms with van der Waals surface area (Å²) in [5, 5.41) is 29.4. The number of amides is 1. The number of aromatic nitrogens is 5. The quantitative estimate of drug-likeness (QED) is 0.414. The van der Waals surface area contributed by atoms with E-state index in [1.807, 2.05) is 6.07 Å². The van der Waals surface area contributed by atoms with Crippen molar-refractivity contribution in [2.75, 3.05) is 18.4 Å². The second-order valence-corrected chi connectivity index (χ2v) is 8.79. The maximum Gasteiger partial charge on any atom is 0.278 e. The van der Waals surface area contributed by atoms with E-state index in [2.05, 4.69) is 31.1 Å². The molecule has 0 radical (unpaired) electrons. The molecule has 12 nitrogen and oxygen atoms in total. The summed E-state index contributed by atoms with van der Waals surface area (Å²) in [6.07, 6.45) is 0. The molecule has 168 valence electrons. The number of H-pyrrole nitrogens is 1. The highest BCUT2D eigenvalue weighted by atomic mass is 32.2. The van der Waals surface area contributed by atoms with Crippen molar-refractivity contribution in [1.29, 1.82) is 5.26 Å². The standard InChI is InChI=1S/C20H18N8O4S/c1-3-28(4-2)33(30,31)13-6-8-17-15(10-13)18(25-32-17)20(29)22-16-7-5-12(11-21)9-14(16)19-23-26-27-24-19/h5-10H,3-4H2,1-2H3,(H,22,29)(H,23,24,26,27). The molecule has 0 aliphatic rings. The molecule has 0 fully saturated rings. The van der Waals surface area contributed by atoms with Crippen LogP contribution in [0.2, 0.25) is 0 Å². The Morgan fingerprint density at radius 3 is 2.67 bits per heavy atom. The van der Waals surface area contributed by atoms with Gasteiger partial charge < -0.3 is 9.84 Å². The number of nitrogens with one attached hydrogen (secondary N) is 2. The molecule has 0 aliphatic heterocycles. The van der Waals surface area contributed by atoms with Crippen molar-refractivity contribution < 1.29 is 17.7 Å². The monoisotopic (exact) mass is 466 g/mol. The molecule has 0 aliphatic carbocycles. The van der Waals surface area contributed by atoms with Crippen molar-refractivity contribution in [3.05, 3.63) is 47.7 Å². The van der Waals surface area contributed by atoms with Crippen LogP contribution in [0.15, 0.2) is 45.8 Å². The Hall–Kier alpha value is -4.15. The lowest BCUT2D eigenvalue weighted by Gasteiger charge is -2.18. The minimum atomic E-state index is -3.74. The van der Waals surface area contributed by atoms with Crippen LogP contribution < -0.4 is 5.32 Å². The van der Waals surface area contributed by atoms with Gasteiger partial charge in [-0.2, -0.15) is 9.57 Å². The first-order valence-corrected chi connectivity index (χ1v) is 11.3. The highest BCUT2D eigenvalue weighted by Crippen LogP contribution is 2.28. The van der Waals surface area contributed by atoms with Crippen molar-refractivity contribution in [2.24, 2.45) is 0 Å². The van der Waals surface area contributed by atoms with E-state index in [9.17, 15) is 18.5 Å². The summed E-state index contributed by atoms with van der Waals surface area (Å²) in [4.78, 5) is 13.1. The van der Waals surface area contributed by atoms with Crippen LogP contribution in [0.4, 0.5) is 5.69 Å². The molecular weight excluding hydrogens is 448 g/mol. The number of hydrogen-bond donors (Lipinski definition) is 2. The maximum atomic E-state index is 13.1. The van der Waals surface area contributed by atoms with E-state index in [1.54, 1.807) is 13.8 Å². The van der Waals surface area contributed by atoms with Crippen LogP contribution in [0.5, 0.6) is 0 Å². The van der Waals surface area contributed by atoms with Gasteiger partial charge in [-0.1, -0.05) is 19.0 Å². The first kappa shape index (κ1) is 22.1. The SMILES string of the molecule is CCN(CC)S(=O)(=O)c1ccc2onc(C(=O)Nc3ccc(C#N)cc3-c3nnn[nH]3)c2c1. The Labute approximate surface area is 188 Å². The molecule has 4 rings (SSSR count). The number of tetrazole rings is 1. The Balaban J connectivity index is 1.73. The number of aromatic amines is 1. The van der Waals surface area contributed by atoms with Gasteiger partial charge in [0, 0.05) is 18.7 Å². The van der Waals surface area contributed by atoms with Crippen molar-refractivity contribution in [3.8, 4) is 17.5 Å². The zero-order chi connectivity index (χ0) is 23.6. The lowest BCUT2D eigenvalue weighted by molar-refractivity contribution is 0.102. The second-order valence-electron chi connectivity index (χ2n) is 6.85. The van der Waals surface area contributed by atoms with E-state index in [-0.39, 0.29) is 27.4 Å². The minimum Gasteiger partial charge on any atom is -0.355 e. The van der Waals surface area contributed by atoms with Crippen molar-refractivity contribution >= 4 is 32.6 Å². The molecule has 1 amide bonds. The van der Waals surface area contributed by atoms with E-state index in [0.717, 1.165) is 0 Å². The fraction of sp³-hybridized carbons (Fsp3) is 0.200. The molecule has 2 aromatic heterocycles. The van der Waals surface area contributed by atoms with Gasteiger partial charge in [-0.3, -0.25) is 4.79 Å². The van der Waals surface area contributed by atoms with Gasteiger partial charge in [0.2, 0.25) is 10.0 Å². The molecule has 0 atom stereocenters. The van der Waals surface area contributed by atoms with Crippen molar-refractivity contribution in [2.45, 2.75) is 18.7 Å². The van der Waals surface area contributed by atoms with E-state index in [4.69, 9.17) is 4.52 Å². The van der Waals surface area contributed by atoms with Gasteiger partial charge in [-0.15, -0.1) is 5.10 Å². The Kier molecular flexibility index (Phi) is 5.86. The number of sulfonamides is 1. The topological polar surface area (TPSA) is 171 Å². The zero-order valence-corrected chi connectivity index (χ0v) is 18.4. The number of rotatable bonds is 7. The summed E-state index contributed by atoms with van der Waals surface area (Å²) in [6, 6.07) is 10.8. The average Bonchev–Trinajstić information content (AvgIpc) is 3.49. The van der Waals surface area contributed by atoms with Gasteiger partial charge in [0.15, 0.2) is 17.1 Å². The summed E-state index contributed by atoms with van der Waals surface area (Å²) < 4.78 is 32.3. The highest BCUT2D eigenvalue weighted by Gasteiger charge is 2.25. The van der Waals surface area contributed by atoms with E-state index in [0.29, 0.717) is 29.9 Å². The number of nitrogens with zero attached hydrogens (tertiary/aromatic N) is 6. The summed E-state index contributed by atoms with van der Waals surface area (Å²) in [5.74, 6) is -0.385. The van der Waals surface area contributed by atoms with E-state index in [1.165, 1.54) is 40.7 Å². The van der Waals surface area contributed by atoms with Crippen LogP contribution in [0.3, 0.4) is 0 Å². The predicted octanol–water partition coefficient (Wildman–Crippen LogP) is 2.16. The second kappa shape index (κ2) is 8.77. The van der Waals surface area contributed by atoms with Gasteiger partial charge in [-0.25, -0.2) is 13.5 Å². The number of carbonyl (C=O) groups is 1. The normalized spacial score (nSPS) is 11.6. The van der Waals surface area contributed by atoms with Gasteiger partial charge in [0.25, 0.3) is 5.91 Å². The third-order valence-corrected chi connectivity index (χ3v) is 7.04. The average molecular weight is 466 g/mol. The largest absolute Gasteiger partial charge is 0.355 e. The molecule has 4 aromatic rings. The van der Waals surface area contributed by atoms with Crippen LogP contribution in [-0.4, -0.2) is 57.5 Å². The third kappa shape index (κ3) is 4.04. The van der Waals surface area contributed by atoms with E-state index >= 15 is 0 Å². The van der Waals surface area contributed by atoms with Crippen LogP contribution in [0.1, 0.15) is 29.9 Å². The number of anilines is 1. The lowest BCUT2D eigenvalue weighted by Crippen LogP contribution is -2.30. The summed E-state index contributed by atoms with van der Waals surface area (Å²) in [7, 11) is -3.74. The molecular formula is C20H18N8O4S. The molecule has 0 bridgehead atoms. The summed E-state index contributed by atoms with van der Waals surface area (Å²) in [6.45, 7) is 4.12. The zero-order valence-electron chi connectivity index (χ0n) is 17.6. The molecule has 13 heteroatoms. The van der Waals surface area contributed by atoms with Gasteiger partial charge in [0.1, 0.15) is 0 Å². The predicted molar refractivity (Wildman–Crippen MR) is 116 cm³/mol. The van der Waals surface area contributed by atoms with Crippen LogP contribution in [-0.2, 0) is 10.0 Å². The first-order chi connectivity index (χ1) is 15.9. The fourth-order valence-corrected chi connectivity index (χ4v) is 4.81. The number of benzene rings is 2. The Morgan fingerprint density at radius 2 is 2.00 bits per heavy atom. The van der Waals surface area contributed by atoms with Crippen molar-refractivity contribution in [1.82, 2.24) is 30.1 Å². The summed E-state index contributed by atoms with van der Waals surface area (Å²) in [5.41, 5.74) is 1.23.